The Morgan fingerprint density at radius 1 is 1.17 bits per heavy atom. The van der Waals surface area contributed by atoms with Gasteiger partial charge in [0.1, 0.15) is 11.3 Å². The van der Waals surface area contributed by atoms with Gasteiger partial charge in [0, 0.05) is 30.2 Å². The van der Waals surface area contributed by atoms with Crippen LogP contribution in [-0.4, -0.2) is 42.6 Å². The third kappa shape index (κ3) is 2.97. The standard InChI is InChI=1S/C23H25N5O2/c1-14-13-27(18-6-4-7-19(18)29)23-21(14)26-22(15(2)25-23)17-9-8-16(12-20(17)30-3)28-11-5-10-24-28/h5,8-13,18-19,29H,4,6-7H2,1-3H3. The summed E-state index contributed by atoms with van der Waals surface area (Å²) >= 11 is 0. The van der Waals surface area contributed by atoms with Gasteiger partial charge in [-0.25, -0.2) is 14.6 Å². The summed E-state index contributed by atoms with van der Waals surface area (Å²) in [4.78, 5) is 9.91. The number of aromatic nitrogens is 5. The molecular weight excluding hydrogens is 378 g/mol. The lowest BCUT2D eigenvalue weighted by Gasteiger charge is -2.18. The van der Waals surface area contributed by atoms with Crippen LogP contribution in [0.4, 0.5) is 0 Å². The lowest BCUT2D eigenvalue weighted by molar-refractivity contribution is 0.138. The fraction of sp³-hybridized carbons (Fsp3) is 0.348. The van der Waals surface area contributed by atoms with Crippen molar-refractivity contribution >= 4 is 11.2 Å². The molecule has 1 aliphatic rings. The number of nitrogens with zero attached hydrogens (tertiary/aromatic N) is 5. The first kappa shape index (κ1) is 18.8. The molecular formula is C23H25N5O2. The third-order valence-electron chi connectivity index (χ3n) is 6.01. The lowest BCUT2D eigenvalue weighted by atomic mass is 10.1. The lowest BCUT2D eigenvalue weighted by Crippen LogP contribution is -2.18. The zero-order valence-electron chi connectivity index (χ0n) is 17.4. The van der Waals surface area contributed by atoms with Crippen LogP contribution in [0.3, 0.4) is 0 Å². The number of rotatable bonds is 4. The maximum absolute atomic E-state index is 10.4. The van der Waals surface area contributed by atoms with E-state index in [1.54, 1.807) is 18.0 Å². The summed E-state index contributed by atoms with van der Waals surface area (Å²) in [5.41, 5.74) is 6.22. The second kappa shape index (κ2) is 7.25. The molecule has 3 heterocycles. The van der Waals surface area contributed by atoms with Crippen LogP contribution in [0.25, 0.3) is 28.1 Å². The van der Waals surface area contributed by atoms with Crippen LogP contribution in [0.5, 0.6) is 5.75 Å². The van der Waals surface area contributed by atoms with Crippen molar-refractivity contribution in [3.8, 4) is 22.7 Å². The molecule has 5 rings (SSSR count). The first-order valence-electron chi connectivity index (χ1n) is 10.3. The fourth-order valence-corrected chi connectivity index (χ4v) is 4.48. The van der Waals surface area contributed by atoms with Gasteiger partial charge >= 0.3 is 0 Å². The molecule has 154 valence electrons. The Kier molecular flexibility index (Phi) is 4.55. The van der Waals surface area contributed by atoms with Gasteiger partial charge in [0.25, 0.3) is 0 Å². The Balaban J connectivity index is 1.63. The summed E-state index contributed by atoms with van der Waals surface area (Å²) in [6, 6.07) is 7.93. The summed E-state index contributed by atoms with van der Waals surface area (Å²) < 4.78 is 9.60. The van der Waals surface area contributed by atoms with Crippen molar-refractivity contribution < 1.29 is 9.84 Å². The van der Waals surface area contributed by atoms with Crippen LogP contribution in [0.2, 0.25) is 0 Å². The van der Waals surface area contributed by atoms with Crippen LogP contribution in [0, 0.1) is 13.8 Å². The Morgan fingerprint density at radius 3 is 2.73 bits per heavy atom. The highest BCUT2D eigenvalue weighted by molar-refractivity contribution is 5.81. The Morgan fingerprint density at radius 2 is 2.03 bits per heavy atom. The Bertz CT molecular complexity index is 1210. The minimum absolute atomic E-state index is 0.0728. The van der Waals surface area contributed by atoms with Crippen molar-refractivity contribution in [2.45, 2.75) is 45.3 Å². The van der Waals surface area contributed by atoms with Gasteiger partial charge in [-0.15, -0.1) is 0 Å². The Hall–Kier alpha value is -3.19. The van der Waals surface area contributed by atoms with Gasteiger partial charge in [0.2, 0.25) is 0 Å². The van der Waals surface area contributed by atoms with E-state index in [2.05, 4.69) is 15.9 Å². The van der Waals surface area contributed by atoms with Crippen molar-refractivity contribution in [3.63, 3.8) is 0 Å². The van der Waals surface area contributed by atoms with Crippen LogP contribution in [0.15, 0.2) is 42.9 Å². The van der Waals surface area contributed by atoms with Gasteiger partial charge in [0.05, 0.1) is 36.3 Å². The van der Waals surface area contributed by atoms with Gasteiger partial charge < -0.3 is 14.4 Å². The maximum Gasteiger partial charge on any atom is 0.159 e. The molecule has 1 saturated carbocycles. The summed E-state index contributed by atoms with van der Waals surface area (Å²) in [6.45, 7) is 4.02. The van der Waals surface area contributed by atoms with Crippen molar-refractivity contribution in [1.82, 2.24) is 24.3 Å². The van der Waals surface area contributed by atoms with E-state index >= 15 is 0 Å². The van der Waals surface area contributed by atoms with E-state index in [9.17, 15) is 5.11 Å². The average Bonchev–Trinajstić information content (AvgIpc) is 3.48. The maximum atomic E-state index is 10.4. The Labute approximate surface area is 175 Å². The van der Waals surface area contributed by atoms with Gasteiger partial charge in [-0.2, -0.15) is 5.10 Å². The smallest absolute Gasteiger partial charge is 0.159 e. The van der Waals surface area contributed by atoms with E-state index in [-0.39, 0.29) is 12.1 Å². The topological polar surface area (TPSA) is 78.0 Å². The molecule has 0 amide bonds. The fourth-order valence-electron chi connectivity index (χ4n) is 4.48. The van der Waals surface area contributed by atoms with Crippen LogP contribution < -0.4 is 4.74 Å². The number of methoxy groups -OCH3 is 1. The molecule has 0 spiro atoms. The molecule has 2 unspecified atom stereocenters. The van der Waals surface area contributed by atoms with E-state index in [0.717, 1.165) is 64.4 Å². The zero-order valence-corrected chi connectivity index (χ0v) is 17.4. The summed E-state index contributed by atoms with van der Waals surface area (Å²) in [5, 5.41) is 14.7. The van der Waals surface area contributed by atoms with E-state index in [4.69, 9.17) is 14.7 Å². The van der Waals surface area contributed by atoms with Crippen molar-refractivity contribution in [3.05, 3.63) is 54.1 Å². The van der Waals surface area contributed by atoms with Crippen molar-refractivity contribution in [2.24, 2.45) is 0 Å². The van der Waals surface area contributed by atoms with Gasteiger partial charge in [-0.1, -0.05) is 0 Å². The number of aliphatic hydroxyl groups is 1. The molecule has 0 bridgehead atoms. The SMILES string of the molecule is COc1cc(-n2cccn2)ccc1-c1nc2c(C)cn(C3CCCC3O)c2nc1C. The second-order valence-electron chi connectivity index (χ2n) is 7.95. The number of benzene rings is 1. The zero-order chi connectivity index (χ0) is 20.8. The number of aliphatic hydroxyl groups excluding tert-OH is 1. The summed E-state index contributed by atoms with van der Waals surface area (Å²) in [7, 11) is 1.66. The molecule has 0 aliphatic heterocycles. The highest BCUT2D eigenvalue weighted by Gasteiger charge is 2.29. The average molecular weight is 403 g/mol. The van der Waals surface area contributed by atoms with Gasteiger partial charge in [0.15, 0.2) is 5.65 Å². The monoisotopic (exact) mass is 403 g/mol. The largest absolute Gasteiger partial charge is 0.496 e. The number of aryl methyl sites for hydroxylation is 2. The predicted octanol–water partition coefficient (Wildman–Crippen LogP) is 4.00. The second-order valence-corrected chi connectivity index (χ2v) is 7.95. The van der Waals surface area contributed by atoms with E-state index < -0.39 is 0 Å². The molecule has 2 atom stereocenters. The molecule has 1 aliphatic carbocycles. The molecule has 1 N–H and O–H groups in total. The molecule has 7 heteroatoms. The van der Waals surface area contributed by atoms with Gasteiger partial charge in [-0.3, -0.25) is 0 Å². The molecule has 4 aromatic rings. The van der Waals surface area contributed by atoms with E-state index in [1.807, 2.05) is 44.3 Å². The number of fused-ring (bicyclic) bond motifs is 1. The normalized spacial score (nSPS) is 18.9. The quantitative estimate of drug-likeness (QED) is 0.557. The van der Waals surface area contributed by atoms with Crippen molar-refractivity contribution in [1.29, 1.82) is 0 Å². The van der Waals surface area contributed by atoms with Crippen LogP contribution in [0.1, 0.15) is 36.6 Å². The molecule has 0 saturated heterocycles. The molecule has 7 nitrogen and oxygen atoms in total. The molecule has 1 fully saturated rings. The summed E-state index contributed by atoms with van der Waals surface area (Å²) in [6.07, 6.45) is 8.24. The number of hydrogen-bond acceptors (Lipinski definition) is 5. The third-order valence-corrected chi connectivity index (χ3v) is 6.01. The molecule has 1 aromatic carbocycles. The van der Waals surface area contributed by atoms with Crippen LogP contribution >= 0.6 is 0 Å². The van der Waals surface area contributed by atoms with Crippen LogP contribution in [-0.2, 0) is 0 Å². The molecule has 3 aromatic heterocycles. The first-order valence-corrected chi connectivity index (χ1v) is 10.3. The highest BCUT2D eigenvalue weighted by atomic mass is 16.5. The predicted molar refractivity (Wildman–Crippen MR) is 115 cm³/mol. The van der Waals surface area contributed by atoms with Crippen molar-refractivity contribution in [2.75, 3.05) is 7.11 Å². The highest BCUT2D eigenvalue weighted by Crippen LogP contribution is 2.37. The number of ether oxygens (including phenoxy) is 1. The minimum Gasteiger partial charge on any atom is -0.496 e. The summed E-state index contributed by atoms with van der Waals surface area (Å²) in [5.74, 6) is 0.725. The van der Waals surface area contributed by atoms with Gasteiger partial charge in [-0.05, 0) is 56.9 Å². The minimum atomic E-state index is -0.322. The molecule has 0 radical (unpaired) electrons. The number of hydrogen-bond donors (Lipinski definition) is 1. The first-order chi connectivity index (χ1) is 14.6. The molecule has 30 heavy (non-hydrogen) atoms. The van der Waals surface area contributed by atoms with E-state index in [0.29, 0.717) is 0 Å². The van der Waals surface area contributed by atoms with E-state index in [1.165, 1.54) is 0 Å².